The van der Waals surface area contributed by atoms with E-state index in [0.29, 0.717) is 31.9 Å². The number of halogens is 2. The van der Waals surface area contributed by atoms with Gasteiger partial charge in [-0.1, -0.05) is 34.5 Å². The highest BCUT2D eigenvalue weighted by Gasteiger charge is 2.35. The Morgan fingerprint density at radius 3 is 2.53 bits per heavy atom. The van der Waals surface area contributed by atoms with E-state index < -0.39 is 22.5 Å². The Balaban J connectivity index is 1.71. The third-order valence-electron chi connectivity index (χ3n) is 6.63. The van der Waals surface area contributed by atoms with Crippen LogP contribution in [0.2, 0.25) is 10.0 Å². The molecule has 0 saturated carbocycles. The lowest BCUT2D eigenvalue weighted by Gasteiger charge is -2.22. The zero-order valence-electron chi connectivity index (χ0n) is 23.2. The van der Waals surface area contributed by atoms with Crippen molar-refractivity contribution >= 4 is 52.3 Å². The largest absolute Gasteiger partial charge is 0.496 e. The minimum absolute atomic E-state index is 0.00533. The summed E-state index contributed by atoms with van der Waals surface area (Å²) in [6.07, 6.45) is 1.47. The van der Waals surface area contributed by atoms with Crippen LogP contribution in [0.25, 0.3) is 17.4 Å². The van der Waals surface area contributed by atoms with Crippen molar-refractivity contribution in [3.8, 4) is 22.8 Å². The zero-order valence-corrected chi connectivity index (χ0v) is 25.5. The van der Waals surface area contributed by atoms with Gasteiger partial charge in [-0.2, -0.15) is 0 Å². The van der Waals surface area contributed by atoms with Gasteiger partial charge in [0.1, 0.15) is 23.3 Å². The average Bonchev–Trinajstić information content (AvgIpc) is 3.58. The summed E-state index contributed by atoms with van der Waals surface area (Å²) in [6.45, 7) is 3.43. The van der Waals surface area contributed by atoms with Crippen LogP contribution in [0.15, 0.2) is 67.9 Å². The van der Waals surface area contributed by atoms with E-state index in [1.54, 1.807) is 44.2 Å². The molecule has 4 aromatic rings. The van der Waals surface area contributed by atoms with E-state index in [0.717, 1.165) is 11.3 Å². The number of thiazole rings is 1. The number of furan rings is 1. The predicted octanol–water partition coefficient (Wildman–Crippen LogP) is 5.29. The molecule has 0 saturated heterocycles. The summed E-state index contributed by atoms with van der Waals surface area (Å²) >= 11 is 13.3. The van der Waals surface area contributed by atoms with Gasteiger partial charge in [-0.25, -0.2) is 9.79 Å². The van der Waals surface area contributed by atoms with E-state index in [9.17, 15) is 19.7 Å². The lowest BCUT2D eigenvalue weighted by molar-refractivity contribution is -0.385. The number of nitro groups is 1. The molecule has 43 heavy (non-hydrogen) atoms. The second kappa shape index (κ2) is 12.1. The van der Waals surface area contributed by atoms with Gasteiger partial charge in [0.2, 0.25) is 5.75 Å². The molecule has 0 amide bonds. The molecule has 5 rings (SSSR count). The minimum Gasteiger partial charge on any atom is -0.496 e. The first-order valence-electron chi connectivity index (χ1n) is 12.7. The van der Waals surface area contributed by atoms with Gasteiger partial charge in [0.25, 0.3) is 5.56 Å². The summed E-state index contributed by atoms with van der Waals surface area (Å²) in [7, 11) is 2.71. The number of hydrogen-bond acceptors (Lipinski definition) is 10. The van der Waals surface area contributed by atoms with Crippen LogP contribution in [-0.2, 0) is 9.53 Å². The summed E-state index contributed by atoms with van der Waals surface area (Å²) < 4.78 is 23.6. The molecule has 0 N–H and O–H groups in total. The third kappa shape index (κ3) is 5.56. The van der Waals surface area contributed by atoms with Crippen LogP contribution in [0, 0.1) is 10.1 Å². The van der Waals surface area contributed by atoms with Gasteiger partial charge in [-0.15, -0.1) is 0 Å². The lowest BCUT2D eigenvalue weighted by atomic mass is 10.0. The summed E-state index contributed by atoms with van der Waals surface area (Å²) in [5.41, 5.74) is 0.592. The van der Waals surface area contributed by atoms with Gasteiger partial charge in [-0.3, -0.25) is 19.5 Å². The highest BCUT2D eigenvalue weighted by molar-refractivity contribution is 7.07. The number of ether oxygens (including phenoxy) is 3. The molecule has 11 nitrogen and oxygen atoms in total. The second-order valence-corrected chi connectivity index (χ2v) is 11.0. The van der Waals surface area contributed by atoms with Crippen molar-refractivity contribution in [3.05, 3.63) is 105 Å². The number of benzene rings is 2. The van der Waals surface area contributed by atoms with Gasteiger partial charge in [-0.05, 0) is 50.3 Å². The Morgan fingerprint density at radius 2 is 1.88 bits per heavy atom. The lowest BCUT2D eigenvalue weighted by Crippen LogP contribution is -2.39. The van der Waals surface area contributed by atoms with E-state index in [-0.39, 0.29) is 45.2 Å². The van der Waals surface area contributed by atoms with Crippen molar-refractivity contribution in [2.75, 3.05) is 20.8 Å². The Hall–Kier alpha value is -4.39. The standard InChI is InChI=1S/C29H23Cl2N3O8S/c1-5-41-28(36)25-14(2)32-29-33(26(25)21-9-8-20(42-21)15-6-7-17(30)18(31)10-15)27(35)24(43-29)12-16-11-19(34(37)38)23(40-4)13-22(16)39-3/h6-13,26H,5H2,1-4H3/b24-12-/t26-/m0/s1. The van der Waals surface area contributed by atoms with Crippen LogP contribution in [0.1, 0.15) is 31.2 Å². The smallest absolute Gasteiger partial charge is 0.338 e. The van der Waals surface area contributed by atoms with Crippen LogP contribution in [0.3, 0.4) is 0 Å². The quantitative estimate of drug-likeness (QED) is 0.144. The first kappa shape index (κ1) is 30.1. The number of nitrogens with zero attached hydrogens (tertiary/aromatic N) is 3. The highest BCUT2D eigenvalue weighted by Crippen LogP contribution is 2.37. The van der Waals surface area contributed by atoms with E-state index in [1.807, 2.05) is 0 Å². The minimum atomic E-state index is -1.01. The molecule has 0 fully saturated rings. The van der Waals surface area contributed by atoms with E-state index in [2.05, 4.69) is 4.99 Å². The SMILES string of the molecule is CCOC(=O)C1=C(C)N=c2s/c(=C\c3cc([N+](=O)[O-])c(OC)cc3OC)c(=O)n2[C@H]1c1ccc(-c2ccc(Cl)c(Cl)c2)o1. The molecule has 222 valence electrons. The molecule has 3 heterocycles. The molecule has 0 aliphatic carbocycles. The normalized spacial score (nSPS) is 14.7. The Kier molecular flexibility index (Phi) is 8.45. The van der Waals surface area contributed by atoms with Crippen LogP contribution < -0.4 is 24.4 Å². The Labute approximate surface area is 258 Å². The number of fused-ring (bicyclic) bond motifs is 1. The van der Waals surface area contributed by atoms with Gasteiger partial charge in [0.05, 0.1) is 51.6 Å². The van der Waals surface area contributed by atoms with Crippen LogP contribution in [0.4, 0.5) is 5.69 Å². The fourth-order valence-electron chi connectivity index (χ4n) is 4.67. The first-order valence-corrected chi connectivity index (χ1v) is 14.3. The predicted molar refractivity (Wildman–Crippen MR) is 161 cm³/mol. The molecule has 1 atom stereocenters. The Morgan fingerprint density at radius 1 is 1.14 bits per heavy atom. The molecule has 1 aliphatic rings. The topological polar surface area (TPSA) is 135 Å². The molecule has 0 bridgehead atoms. The number of esters is 1. The van der Waals surface area contributed by atoms with Crippen molar-refractivity contribution in [1.29, 1.82) is 0 Å². The van der Waals surface area contributed by atoms with Crippen molar-refractivity contribution in [1.82, 2.24) is 4.57 Å². The molecule has 0 spiro atoms. The van der Waals surface area contributed by atoms with E-state index in [1.165, 1.54) is 37.0 Å². The fraction of sp³-hybridized carbons (Fsp3) is 0.207. The molecule has 1 aliphatic heterocycles. The maximum Gasteiger partial charge on any atom is 0.338 e. The van der Waals surface area contributed by atoms with E-state index >= 15 is 0 Å². The molecular weight excluding hydrogens is 621 g/mol. The molecule has 0 unspecified atom stereocenters. The number of allylic oxidation sites excluding steroid dienone is 1. The number of carbonyl (C=O) groups is 1. The average molecular weight is 644 g/mol. The molecular formula is C29H23Cl2N3O8S. The van der Waals surface area contributed by atoms with Crippen molar-refractivity contribution in [3.63, 3.8) is 0 Å². The van der Waals surface area contributed by atoms with Crippen LogP contribution in [0.5, 0.6) is 11.5 Å². The summed E-state index contributed by atoms with van der Waals surface area (Å²) in [5.74, 6) is 0.326. The van der Waals surface area contributed by atoms with Crippen molar-refractivity contribution < 1.29 is 28.3 Å². The second-order valence-electron chi connectivity index (χ2n) is 9.16. The first-order chi connectivity index (χ1) is 20.6. The maximum atomic E-state index is 14.0. The molecule has 14 heteroatoms. The molecule has 2 aromatic heterocycles. The summed E-state index contributed by atoms with van der Waals surface area (Å²) in [4.78, 5) is 43.1. The number of nitro benzene ring substituents is 1. The molecule has 0 radical (unpaired) electrons. The number of carbonyl (C=O) groups excluding carboxylic acids is 1. The summed E-state index contributed by atoms with van der Waals surface area (Å²) in [5, 5.41) is 12.4. The van der Waals surface area contributed by atoms with Crippen LogP contribution >= 0.6 is 34.5 Å². The molecule has 2 aromatic carbocycles. The van der Waals surface area contributed by atoms with Gasteiger partial charge >= 0.3 is 11.7 Å². The zero-order chi connectivity index (χ0) is 31.0. The number of rotatable bonds is 8. The Bertz CT molecular complexity index is 1990. The number of methoxy groups -OCH3 is 2. The fourth-order valence-corrected chi connectivity index (χ4v) is 6.00. The number of aromatic nitrogens is 1. The maximum absolute atomic E-state index is 14.0. The van der Waals surface area contributed by atoms with Crippen molar-refractivity contribution in [2.24, 2.45) is 4.99 Å². The van der Waals surface area contributed by atoms with Crippen LogP contribution in [-0.4, -0.2) is 36.3 Å². The van der Waals surface area contributed by atoms with Gasteiger partial charge in [0.15, 0.2) is 4.80 Å². The van der Waals surface area contributed by atoms with Gasteiger partial charge < -0.3 is 18.6 Å². The number of hydrogen-bond donors (Lipinski definition) is 0. The monoisotopic (exact) mass is 643 g/mol. The van der Waals surface area contributed by atoms with Gasteiger partial charge in [0, 0.05) is 23.3 Å². The van der Waals surface area contributed by atoms with Crippen molar-refractivity contribution in [2.45, 2.75) is 19.9 Å². The highest BCUT2D eigenvalue weighted by atomic mass is 35.5. The third-order valence-corrected chi connectivity index (χ3v) is 8.35. The van der Waals surface area contributed by atoms with E-state index in [4.69, 9.17) is 41.8 Å². The summed E-state index contributed by atoms with van der Waals surface area (Å²) in [6, 6.07) is 10.00.